The highest BCUT2D eigenvalue weighted by Crippen LogP contribution is 2.31. The van der Waals surface area contributed by atoms with Crippen LogP contribution >= 0.6 is 12.4 Å². The van der Waals surface area contributed by atoms with Crippen molar-refractivity contribution in [3.63, 3.8) is 0 Å². The van der Waals surface area contributed by atoms with E-state index in [0.717, 1.165) is 75.5 Å². The van der Waals surface area contributed by atoms with Gasteiger partial charge in [-0.15, -0.1) is 12.4 Å². The molecule has 0 radical (unpaired) electrons. The van der Waals surface area contributed by atoms with E-state index in [1.807, 2.05) is 28.9 Å². The molecule has 0 aliphatic carbocycles. The second-order valence-corrected chi connectivity index (χ2v) is 7.24. The number of hydrogen-bond acceptors (Lipinski definition) is 5. The number of amides is 1. The summed E-state index contributed by atoms with van der Waals surface area (Å²) in [5.41, 5.74) is 2.07. The molecule has 0 bridgehead atoms. The smallest absolute Gasteiger partial charge is 0.223 e. The maximum Gasteiger partial charge on any atom is 0.223 e. The molecule has 0 unspecified atom stereocenters. The van der Waals surface area contributed by atoms with Crippen LogP contribution in [0.1, 0.15) is 30.9 Å². The van der Waals surface area contributed by atoms with E-state index >= 15 is 0 Å². The molecule has 0 atom stereocenters. The third-order valence-electron chi connectivity index (χ3n) is 5.61. The average Bonchev–Trinajstić information content (AvgIpc) is 3.04. The second-order valence-electron chi connectivity index (χ2n) is 7.24. The maximum absolute atomic E-state index is 12.5. The SMILES string of the molecule is Cl.Cn1nc(C2CCN(C(=O)CCN3CCOCC3)CC2)c2cccnc21. The van der Waals surface area contributed by atoms with Crippen molar-refractivity contribution in [2.24, 2.45) is 7.05 Å². The summed E-state index contributed by atoms with van der Waals surface area (Å²) in [6.07, 6.45) is 4.37. The minimum atomic E-state index is 0. The highest BCUT2D eigenvalue weighted by atomic mass is 35.5. The Morgan fingerprint density at radius 3 is 2.70 bits per heavy atom. The van der Waals surface area contributed by atoms with Crippen molar-refractivity contribution >= 4 is 29.3 Å². The van der Waals surface area contributed by atoms with Gasteiger partial charge in [0.1, 0.15) is 0 Å². The van der Waals surface area contributed by atoms with E-state index in [2.05, 4.69) is 16.0 Å². The monoisotopic (exact) mass is 393 g/mol. The predicted octanol–water partition coefficient (Wildman–Crippen LogP) is 1.82. The van der Waals surface area contributed by atoms with E-state index in [1.54, 1.807) is 0 Å². The van der Waals surface area contributed by atoms with Gasteiger partial charge in [-0.2, -0.15) is 5.10 Å². The Hall–Kier alpha value is -1.70. The number of carbonyl (C=O) groups excluding carboxylic acids is 1. The van der Waals surface area contributed by atoms with Gasteiger partial charge in [-0.05, 0) is 25.0 Å². The molecule has 2 aliphatic rings. The van der Waals surface area contributed by atoms with Gasteiger partial charge in [0.25, 0.3) is 0 Å². The number of pyridine rings is 1. The molecule has 2 aromatic rings. The van der Waals surface area contributed by atoms with Gasteiger partial charge in [0.15, 0.2) is 5.65 Å². The lowest BCUT2D eigenvalue weighted by Crippen LogP contribution is -2.42. The summed E-state index contributed by atoms with van der Waals surface area (Å²) in [6, 6.07) is 4.07. The van der Waals surface area contributed by atoms with Crippen molar-refractivity contribution in [2.45, 2.75) is 25.2 Å². The van der Waals surface area contributed by atoms with Crippen molar-refractivity contribution in [1.82, 2.24) is 24.6 Å². The van der Waals surface area contributed by atoms with Gasteiger partial charge >= 0.3 is 0 Å². The summed E-state index contributed by atoms with van der Waals surface area (Å²) in [4.78, 5) is 21.3. The molecule has 7 nitrogen and oxygen atoms in total. The van der Waals surface area contributed by atoms with Gasteiger partial charge in [-0.1, -0.05) is 0 Å². The number of hydrogen-bond donors (Lipinski definition) is 0. The van der Waals surface area contributed by atoms with Crippen LogP contribution in [0.4, 0.5) is 0 Å². The minimum absolute atomic E-state index is 0. The lowest BCUT2D eigenvalue weighted by molar-refractivity contribution is -0.132. The van der Waals surface area contributed by atoms with E-state index < -0.39 is 0 Å². The Morgan fingerprint density at radius 1 is 1.22 bits per heavy atom. The van der Waals surface area contributed by atoms with Gasteiger partial charge < -0.3 is 9.64 Å². The van der Waals surface area contributed by atoms with Gasteiger partial charge in [-0.3, -0.25) is 14.4 Å². The Bertz CT molecular complexity index is 767. The van der Waals surface area contributed by atoms with E-state index in [9.17, 15) is 4.79 Å². The zero-order chi connectivity index (χ0) is 17.9. The summed E-state index contributed by atoms with van der Waals surface area (Å²) in [5.74, 6) is 0.689. The van der Waals surface area contributed by atoms with Gasteiger partial charge in [0.05, 0.1) is 18.9 Å². The summed E-state index contributed by atoms with van der Waals surface area (Å²) < 4.78 is 7.23. The zero-order valence-corrected chi connectivity index (χ0v) is 16.7. The molecule has 0 saturated carbocycles. The van der Waals surface area contributed by atoms with E-state index in [0.29, 0.717) is 12.3 Å². The first kappa shape index (κ1) is 20.0. The van der Waals surface area contributed by atoms with Crippen LogP contribution in [0.25, 0.3) is 11.0 Å². The third kappa shape index (κ3) is 4.42. The Labute approximate surface area is 166 Å². The van der Waals surface area contributed by atoms with Crippen LogP contribution in [0.3, 0.4) is 0 Å². The minimum Gasteiger partial charge on any atom is -0.379 e. The van der Waals surface area contributed by atoms with Crippen LogP contribution in [0, 0.1) is 0 Å². The number of morpholine rings is 1. The van der Waals surface area contributed by atoms with Crippen LogP contribution in [0.2, 0.25) is 0 Å². The largest absolute Gasteiger partial charge is 0.379 e. The highest BCUT2D eigenvalue weighted by molar-refractivity contribution is 5.85. The van der Waals surface area contributed by atoms with Crippen LogP contribution < -0.4 is 0 Å². The predicted molar refractivity (Wildman–Crippen MR) is 106 cm³/mol. The number of piperidine rings is 1. The van der Waals surface area contributed by atoms with Crippen molar-refractivity contribution in [3.8, 4) is 0 Å². The number of ether oxygens (including phenoxy) is 1. The number of likely N-dealkylation sites (tertiary alicyclic amines) is 1. The topological polar surface area (TPSA) is 63.5 Å². The normalized spacial score (nSPS) is 19.2. The Balaban J connectivity index is 0.00000210. The standard InChI is InChI=1S/C19H27N5O2.ClH/c1-22-19-16(3-2-7-20-19)18(21-22)15-4-9-24(10-5-15)17(25)6-8-23-11-13-26-14-12-23;/h2-3,7,15H,4-6,8-14H2,1H3;1H. The Kier molecular flexibility index (Phi) is 6.68. The number of nitrogens with zero attached hydrogens (tertiary/aromatic N) is 5. The molecule has 148 valence electrons. The fraction of sp³-hybridized carbons (Fsp3) is 0.632. The van der Waals surface area contributed by atoms with Crippen molar-refractivity contribution in [1.29, 1.82) is 0 Å². The fourth-order valence-electron chi connectivity index (χ4n) is 4.06. The molecule has 2 saturated heterocycles. The third-order valence-corrected chi connectivity index (χ3v) is 5.61. The van der Waals surface area contributed by atoms with Crippen LogP contribution in [-0.4, -0.2) is 76.4 Å². The molecule has 4 rings (SSSR count). The molecule has 4 heterocycles. The van der Waals surface area contributed by atoms with Crippen molar-refractivity contribution in [2.75, 3.05) is 45.9 Å². The molecule has 2 aromatic heterocycles. The lowest BCUT2D eigenvalue weighted by atomic mass is 9.92. The van der Waals surface area contributed by atoms with Gasteiger partial charge in [0, 0.05) is 63.7 Å². The highest BCUT2D eigenvalue weighted by Gasteiger charge is 2.27. The number of halogens is 1. The molecule has 0 N–H and O–H groups in total. The van der Waals surface area contributed by atoms with E-state index in [-0.39, 0.29) is 18.3 Å². The maximum atomic E-state index is 12.5. The van der Waals surface area contributed by atoms with Gasteiger partial charge in [0.2, 0.25) is 5.91 Å². The quantitative estimate of drug-likeness (QED) is 0.792. The Morgan fingerprint density at radius 2 is 1.96 bits per heavy atom. The van der Waals surface area contributed by atoms with Crippen molar-refractivity contribution < 1.29 is 9.53 Å². The summed E-state index contributed by atoms with van der Waals surface area (Å²) >= 11 is 0. The van der Waals surface area contributed by atoms with Crippen molar-refractivity contribution in [3.05, 3.63) is 24.0 Å². The molecule has 2 aliphatic heterocycles. The van der Waals surface area contributed by atoms with E-state index in [1.165, 1.54) is 0 Å². The number of carbonyl (C=O) groups is 1. The summed E-state index contributed by atoms with van der Waals surface area (Å²) in [7, 11) is 1.95. The number of fused-ring (bicyclic) bond motifs is 1. The lowest BCUT2D eigenvalue weighted by Gasteiger charge is -2.32. The van der Waals surface area contributed by atoms with Crippen LogP contribution in [0.15, 0.2) is 18.3 Å². The first-order valence-electron chi connectivity index (χ1n) is 9.58. The molecule has 0 spiro atoms. The molecule has 1 amide bonds. The molecule has 2 fully saturated rings. The molecule has 27 heavy (non-hydrogen) atoms. The number of aryl methyl sites for hydroxylation is 1. The van der Waals surface area contributed by atoms with E-state index in [4.69, 9.17) is 9.84 Å². The molecule has 0 aromatic carbocycles. The first-order chi connectivity index (χ1) is 12.7. The molecular weight excluding hydrogens is 366 g/mol. The van der Waals surface area contributed by atoms with Crippen LogP contribution in [-0.2, 0) is 16.6 Å². The first-order valence-corrected chi connectivity index (χ1v) is 9.58. The van der Waals surface area contributed by atoms with Crippen LogP contribution in [0.5, 0.6) is 0 Å². The second kappa shape index (κ2) is 8.99. The molecular formula is C19H28ClN5O2. The zero-order valence-electron chi connectivity index (χ0n) is 15.8. The van der Waals surface area contributed by atoms with Gasteiger partial charge in [-0.25, -0.2) is 4.98 Å². The number of rotatable bonds is 4. The molecule has 8 heteroatoms. The fourth-order valence-corrected chi connectivity index (χ4v) is 4.06. The summed E-state index contributed by atoms with van der Waals surface area (Å²) in [6.45, 7) is 5.94. The average molecular weight is 394 g/mol. The number of aromatic nitrogens is 3. The summed E-state index contributed by atoms with van der Waals surface area (Å²) in [5, 5.41) is 5.86.